The first-order valence-electron chi connectivity index (χ1n) is 10.6. The second-order valence-corrected chi connectivity index (χ2v) is 12.3. The van der Waals surface area contributed by atoms with Gasteiger partial charge in [0.25, 0.3) is 0 Å². The summed E-state index contributed by atoms with van der Waals surface area (Å²) in [7, 11) is 0. The van der Waals surface area contributed by atoms with E-state index in [0.717, 1.165) is 29.7 Å². The Morgan fingerprint density at radius 1 is 0.943 bits per heavy atom. The van der Waals surface area contributed by atoms with Gasteiger partial charge in [-0.15, -0.1) is 11.3 Å². The molecule has 1 atom stereocenters. The monoisotopic (exact) mass is 642 g/mol. The Morgan fingerprint density at radius 3 is 2.46 bits per heavy atom. The average molecular weight is 645 g/mol. The van der Waals surface area contributed by atoms with Crippen LogP contribution in [0.3, 0.4) is 0 Å². The van der Waals surface area contributed by atoms with E-state index in [9.17, 15) is 5.11 Å². The molecule has 0 amide bonds. The molecule has 8 heteroatoms. The van der Waals surface area contributed by atoms with Crippen LogP contribution in [0.15, 0.2) is 103 Å². The van der Waals surface area contributed by atoms with Crippen molar-refractivity contribution in [1.82, 2.24) is 4.98 Å². The van der Waals surface area contributed by atoms with E-state index in [0.29, 0.717) is 10.0 Å². The number of phenols is 1. The fourth-order valence-corrected chi connectivity index (χ4v) is 7.35. The van der Waals surface area contributed by atoms with Gasteiger partial charge >= 0.3 is 0 Å². The molecule has 0 spiro atoms. The minimum Gasteiger partial charge on any atom is -0.506 e. The summed E-state index contributed by atoms with van der Waals surface area (Å²) in [6, 6.07) is 28.0. The Kier molecular flexibility index (Phi) is 7.60. The van der Waals surface area contributed by atoms with Gasteiger partial charge in [0, 0.05) is 21.3 Å². The third kappa shape index (κ3) is 5.81. The number of nitrogens with zero attached hydrogens (tertiary/aromatic N) is 2. The Labute approximate surface area is 233 Å². The van der Waals surface area contributed by atoms with Crippen LogP contribution in [-0.4, -0.2) is 16.3 Å². The number of benzene rings is 4. The molecule has 0 bridgehead atoms. The maximum absolute atomic E-state index is 10.3. The number of thioether (sulfide) groups is 1. The van der Waals surface area contributed by atoms with Gasteiger partial charge in [0.2, 0.25) is 0 Å². The van der Waals surface area contributed by atoms with Gasteiger partial charge in [-0.05, 0) is 69.5 Å². The highest BCUT2D eigenvalue weighted by Gasteiger charge is 2.18. The minimum atomic E-state index is 0.101. The molecule has 174 valence electrons. The zero-order valence-corrected chi connectivity index (χ0v) is 23.6. The molecule has 0 aliphatic carbocycles. The molecule has 1 N–H and O–H groups in total. The van der Waals surface area contributed by atoms with E-state index in [-0.39, 0.29) is 11.0 Å². The van der Waals surface area contributed by atoms with Crippen molar-refractivity contribution in [3.63, 3.8) is 0 Å². The maximum Gasteiger partial charge on any atom is 0.152 e. The van der Waals surface area contributed by atoms with Crippen LogP contribution in [0.4, 0.5) is 5.69 Å². The van der Waals surface area contributed by atoms with E-state index in [2.05, 4.69) is 73.3 Å². The number of halogens is 3. The molecule has 0 radical (unpaired) electrons. The van der Waals surface area contributed by atoms with E-state index >= 15 is 0 Å². The Bertz CT molecular complexity index is 1520. The van der Waals surface area contributed by atoms with Gasteiger partial charge in [0.15, 0.2) is 4.34 Å². The van der Waals surface area contributed by atoms with E-state index in [1.807, 2.05) is 42.5 Å². The normalized spacial score (nSPS) is 12.4. The standard InChI is InChI=1S/C27H17Br2ClN2OS2/c28-19-12-18(25(33)22(29)13-19)15-31-21-10-11-23-24(14-21)34-27(32-23)35-26(16-4-2-1-3-5-16)17-6-8-20(30)9-7-17/h1-15,26,33H/t26-/m0/s1. The smallest absolute Gasteiger partial charge is 0.152 e. The highest BCUT2D eigenvalue weighted by Crippen LogP contribution is 2.43. The molecular weight excluding hydrogens is 628 g/mol. The van der Waals surface area contributed by atoms with Crippen molar-refractivity contribution in [3.05, 3.63) is 116 Å². The molecule has 5 rings (SSSR count). The number of hydrogen-bond donors (Lipinski definition) is 1. The number of aromatic hydroxyl groups is 1. The second-order valence-electron chi connectivity index (χ2n) is 7.68. The number of thiazole rings is 1. The summed E-state index contributed by atoms with van der Waals surface area (Å²) < 4.78 is 3.52. The highest BCUT2D eigenvalue weighted by molar-refractivity contribution is 9.11. The van der Waals surface area contributed by atoms with Crippen LogP contribution >= 0.6 is 66.6 Å². The van der Waals surface area contributed by atoms with Crippen molar-refractivity contribution in [3.8, 4) is 5.75 Å². The highest BCUT2D eigenvalue weighted by atomic mass is 79.9. The molecule has 0 aliphatic heterocycles. The van der Waals surface area contributed by atoms with E-state index in [1.54, 1.807) is 35.4 Å². The van der Waals surface area contributed by atoms with Crippen LogP contribution in [0.2, 0.25) is 5.02 Å². The van der Waals surface area contributed by atoms with Gasteiger partial charge in [-0.25, -0.2) is 4.98 Å². The quantitative estimate of drug-likeness (QED) is 0.148. The molecule has 3 nitrogen and oxygen atoms in total. The summed E-state index contributed by atoms with van der Waals surface area (Å²) >= 11 is 16.3. The molecule has 0 saturated heterocycles. The first-order chi connectivity index (χ1) is 17.0. The Balaban J connectivity index is 1.44. The lowest BCUT2D eigenvalue weighted by molar-refractivity contribution is 0.471. The van der Waals surface area contributed by atoms with Crippen LogP contribution in [0.1, 0.15) is 21.9 Å². The summed E-state index contributed by atoms with van der Waals surface area (Å²) in [5.74, 6) is 0.156. The lowest BCUT2D eigenvalue weighted by atomic mass is 10.0. The largest absolute Gasteiger partial charge is 0.506 e. The third-order valence-electron chi connectivity index (χ3n) is 5.26. The van der Waals surface area contributed by atoms with Crippen molar-refractivity contribution in [2.45, 2.75) is 9.59 Å². The summed E-state index contributed by atoms with van der Waals surface area (Å²) in [6.45, 7) is 0. The Hall–Kier alpha value is -2.16. The van der Waals surface area contributed by atoms with Gasteiger partial charge in [-0.3, -0.25) is 4.99 Å². The van der Waals surface area contributed by atoms with Crippen LogP contribution in [0.25, 0.3) is 10.2 Å². The number of rotatable bonds is 6. The van der Waals surface area contributed by atoms with E-state index in [1.165, 1.54) is 11.1 Å². The number of aliphatic imine (C=N–C) groups is 1. The molecule has 35 heavy (non-hydrogen) atoms. The number of phenolic OH excluding ortho intramolecular Hbond substituents is 1. The fourth-order valence-electron chi connectivity index (χ4n) is 3.55. The lowest BCUT2D eigenvalue weighted by Gasteiger charge is -2.16. The molecule has 1 heterocycles. The number of fused-ring (bicyclic) bond motifs is 1. The molecule has 1 aromatic heterocycles. The zero-order valence-electron chi connectivity index (χ0n) is 18.0. The molecule has 0 unspecified atom stereocenters. The van der Waals surface area contributed by atoms with Crippen molar-refractivity contribution < 1.29 is 5.11 Å². The summed E-state index contributed by atoms with van der Waals surface area (Å²) in [6.07, 6.45) is 1.66. The van der Waals surface area contributed by atoms with Crippen molar-refractivity contribution in [2.75, 3.05) is 0 Å². The molecule has 0 saturated carbocycles. The molecular formula is C27H17Br2ClN2OS2. The van der Waals surface area contributed by atoms with Crippen LogP contribution < -0.4 is 0 Å². The van der Waals surface area contributed by atoms with Gasteiger partial charge in [0.05, 0.1) is 25.6 Å². The molecule has 5 aromatic rings. The lowest BCUT2D eigenvalue weighted by Crippen LogP contribution is -1.96. The van der Waals surface area contributed by atoms with Crippen molar-refractivity contribution in [1.29, 1.82) is 0 Å². The Morgan fingerprint density at radius 2 is 1.69 bits per heavy atom. The van der Waals surface area contributed by atoms with Gasteiger partial charge in [-0.2, -0.15) is 0 Å². The predicted molar refractivity (Wildman–Crippen MR) is 156 cm³/mol. The molecule has 0 aliphatic rings. The first kappa shape index (κ1) is 24.5. The number of hydrogen-bond acceptors (Lipinski definition) is 5. The summed E-state index contributed by atoms with van der Waals surface area (Å²) in [5.41, 5.74) is 4.75. The predicted octanol–water partition coefficient (Wildman–Crippen LogP) is 9.81. The molecule has 4 aromatic carbocycles. The molecule has 0 fully saturated rings. The third-order valence-corrected chi connectivity index (χ3v) is 9.00. The minimum absolute atomic E-state index is 0.101. The SMILES string of the molecule is Oc1c(Br)cc(Br)cc1C=Nc1ccc2nc(S[C@@H](c3ccccc3)c3ccc(Cl)cc3)sc2c1. The van der Waals surface area contributed by atoms with Crippen LogP contribution in [0, 0.1) is 0 Å². The zero-order chi connectivity index (χ0) is 24.4. The fraction of sp³-hybridized carbons (Fsp3) is 0.0370. The topological polar surface area (TPSA) is 45.5 Å². The average Bonchev–Trinajstić information content (AvgIpc) is 3.27. The van der Waals surface area contributed by atoms with E-state index < -0.39 is 0 Å². The van der Waals surface area contributed by atoms with Gasteiger partial charge < -0.3 is 5.11 Å². The van der Waals surface area contributed by atoms with Gasteiger partial charge in [0.1, 0.15) is 5.75 Å². The van der Waals surface area contributed by atoms with Crippen LogP contribution in [-0.2, 0) is 0 Å². The summed E-state index contributed by atoms with van der Waals surface area (Å²) in [5, 5.41) is 11.1. The van der Waals surface area contributed by atoms with Gasteiger partial charge in [-0.1, -0.05) is 81.8 Å². The van der Waals surface area contributed by atoms with Crippen LogP contribution in [0.5, 0.6) is 5.75 Å². The van der Waals surface area contributed by atoms with Crippen molar-refractivity contribution in [2.24, 2.45) is 4.99 Å². The summed E-state index contributed by atoms with van der Waals surface area (Å²) in [4.78, 5) is 9.45. The van der Waals surface area contributed by atoms with E-state index in [4.69, 9.17) is 16.6 Å². The van der Waals surface area contributed by atoms with Crippen molar-refractivity contribution >= 4 is 88.7 Å². The second kappa shape index (κ2) is 10.8. The first-order valence-corrected chi connectivity index (χ1v) is 14.2. The maximum atomic E-state index is 10.3. The number of aromatic nitrogens is 1.